The highest BCUT2D eigenvalue weighted by atomic mass is 16.6. The van der Waals surface area contributed by atoms with Crippen LogP contribution in [0.25, 0.3) is 0 Å². The van der Waals surface area contributed by atoms with Crippen molar-refractivity contribution in [1.29, 1.82) is 0 Å². The number of esters is 3. The van der Waals surface area contributed by atoms with Crippen LogP contribution in [-0.4, -0.2) is 37.2 Å². The molecule has 6 heteroatoms. The van der Waals surface area contributed by atoms with Crippen molar-refractivity contribution in [3.05, 3.63) is 97.2 Å². The van der Waals surface area contributed by atoms with Crippen molar-refractivity contribution in [2.24, 2.45) is 0 Å². The Hall–Kier alpha value is -3.67. The lowest BCUT2D eigenvalue weighted by Gasteiger charge is -2.18. The van der Waals surface area contributed by atoms with E-state index in [0.29, 0.717) is 19.3 Å². The highest BCUT2D eigenvalue weighted by Crippen LogP contribution is 2.16. The van der Waals surface area contributed by atoms with Gasteiger partial charge in [-0.2, -0.15) is 0 Å². The molecule has 0 saturated heterocycles. The minimum atomic E-state index is -0.790. The summed E-state index contributed by atoms with van der Waals surface area (Å²) in [5.41, 5.74) is 0. The molecular formula is C71H122O6. The maximum absolute atomic E-state index is 12.9. The Bertz CT molecular complexity index is 1510. The van der Waals surface area contributed by atoms with Crippen LogP contribution < -0.4 is 0 Å². The largest absolute Gasteiger partial charge is 0.462 e. The molecule has 0 heterocycles. The summed E-state index contributed by atoms with van der Waals surface area (Å²) in [4.78, 5) is 38.4. The number of carbonyl (C=O) groups is 3. The Kier molecular flexibility index (Phi) is 61.8. The third-order valence-corrected chi connectivity index (χ3v) is 14.0. The average molecular weight is 1070 g/mol. The third-order valence-electron chi connectivity index (χ3n) is 14.0. The molecule has 0 N–H and O–H groups in total. The maximum atomic E-state index is 12.9. The zero-order chi connectivity index (χ0) is 55.7. The molecule has 0 amide bonds. The van der Waals surface area contributed by atoms with Crippen LogP contribution >= 0.6 is 0 Å². The fourth-order valence-corrected chi connectivity index (χ4v) is 9.14. The van der Waals surface area contributed by atoms with Gasteiger partial charge in [-0.25, -0.2) is 0 Å². The molecule has 0 aliphatic heterocycles. The van der Waals surface area contributed by atoms with Gasteiger partial charge in [0.25, 0.3) is 0 Å². The molecule has 0 saturated carbocycles. The monoisotopic (exact) mass is 1070 g/mol. The first-order valence-electron chi connectivity index (χ1n) is 32.7. The molecule has 0 aliphatic carbocycles. The fourth-order valence-electron chi connectivity index (χ4n) is 9.14. The first kappa shape index (κ1) is 73.3. The summed E-state index contributed by atoms with van der Waals surface area (Å²) < 4.78 is 16.9. The molecule has 0 rings (SSSR count). The summed E-state index contributed by atoms with van der Waals surface area (Å²) in [6.45, 7) is 6.52. The number of allylic oxidation sites excluding steroid dienone is 16. The first-order chi connectivity index (χ1) is 38.0. The number of hydrogen-bond acceptors (Lipinski definition) is 6. The molecule has 77 heavy (non-hydrogen) atoms. The van der Waals surface area contributed by atoms with Gasteiger partial charge >= 0.3 is 17.9 Å². The Balaban J connectivity index is 4.40. The first-order valence-corrected chi connectivity index (χ1v) is 32.7. The normalized spacial score (nSPS) is 12.7. The van der Waals surface area contributed by atoms with Gasteiger partial charge in [0.15, 0.2) is 6.10 Å². The molecule has 442 valence electrons. The van der Waals surface area contributed by atoms with Gasteiger partial charge in [-0.15, -0.1) is 0 Å². The second-order valence-electron chi connectivity index (χ2n) is 21.6. The molecule has 0 aromatic heterocycles. The standard InChI is InChI=1S/C71H122O6/c1-4-7-10-13-16-19-22-25-28-30-32-34-35-37-38-40-43-46-49-52-55-58-61-64-70(73)76-67-68(66-75-69(72)63-60-57-54-51-48-45-42-27-24-21-18-15-12-9-6-3)77-71(74)65-62-59-56-53-50-47-44-41-39-36-33-31-29-26-23-20-17-14-11-8-5-2/h7,10,16,19,23,25-28,31-34,37-38,42,68H,4-6,8-9,11-15,17-18,20-22,24,29-30,35-36,39-41,43-67H2,1-3H3/b10-7-,19-16-,26-23-,28-25-,33-31-,34-32-,38-37-,42-27-. The van der Waals surface area contributed by atoms with E-state index in [1.807, 2.05) is 0 Å². The number of ether oxygens (including phenoxy) is 3. The second kappa shape index (κ2) is 64.9. The van der Waals surface area contributed by atoms with Crippen LogP contribution in [-0.2, 0) is 28.6 Å². The second-order valence-corrected chi connectivity index (χ2v) is 21.6. The van der Waals surface area contributed by atoms with Crippen LogP contribution in [0.15, 0.2) is 97.2 Å². The van der Waals surface area contributed by atoms with E-state index in [0.717, 1.165) is 109 Å². The lowest BCUT2D eigenvalue weighted by atomic mass is 10.1. The molecule has 1 atom stereocenters. The molecule has 0 aliphatic rings. The lowest BCUT2D eigenvalue weighted by Crippen LogP contribution is -2.30. The van der Waals surface area contributed by atoms with Crippen LogP contribution in [0.4, 0.5) is 0 Å². The van der Waals surface area contributed by atoms with Gasteiger partial charge in [-0.3, -0.25) is 14.4 Å². The molecule has 0 spiro atoms. The topological polar surface area (TPSA) is 78.9 Å². The Morgan fingerprint density at radius 1 is 0.273 bits per heavy atom. The van der Waals surface area contributed by atoms with E-state index in [2.05, 4.69) is 118 Å². The summed E-state index contributed by atoms with van der Waals surface area (Å²) in [5.74, 6) is -0.898. The van der Waals surface area contributed by atoms with Crippen molar-refractivity contribution >= 4 is 17.9 Å². The van der Waals surface area contributed by atoms with Crippen molar-refractivity contribution in [3.63, 3.8) is 0 Å². The Morgan fingerprint density at radius 2 is 0.506 bits per heavy atom. The van der Waals surface area contributed by atoms with Crippen LogP contribution in [0.1, 0.15) is 316 Å². The molecule has 0 fully saturated rings. The van der Waals surface area contributed by atoms with Crippen molar-refractivity contribution in [2.75, 3.05) is 13.2 Å². The zero-order valence-corrected chi connectivity index (χ0v) is 50.7. The zero-order valence-electron chi connectivity index (χ0n) is 50.7. The highest BCUT2D eigenvalue weighted by Gasteiger charge is 2.19. The summed E-state index contributed by atoms with van der Waals surface area (Å²) in [5, 5.41) is 0. The van der Waals surface area contributed by atoms with Gasteiger partial charge in [-0.1, -0.05) is 272 Å². The Morgan fingerprint density at radius 3 is 0.805 bits per heavy atom. The van der Waals surface area contributed by atoms with Crippen LogP contribution in [0, 0.1) is 0 Å². The SMILES string of the molecule is CC/C=C\C/C=C\C/C=C\C/C=C\C/C=C\CCCCCCCCCC(=O)OCC(COC(=O)CCCCCCC/C=C\CCCCCCCC)OC(=O)CCCCCCCCCCC/C=C\C/C=C\CCCCCCC. The van der Waals surface area contributed by atoms with Gasteiger partial charge in [0, 0.05) is 19.3 Å². The molecule has 0 radical (unpaired) electrons. The van der Waals surface area contributed by atoms with E-state index in [1.54, 1.807) is 0 Å². The van der Waals surface area contributed by atoms with Gasteiger partial charge in [0.2, 0.25) is 0 Å². The minimum absolute atomic E-state index is 0.0864. The smallest absolute Gasteiger partial charge is 0.306 e. The van der Waals surface area contributed by atoms with Gasteiger partial charge < -0.3 is 14.2 Å². The van der Waals surface area contributed by atoms with E-state index in [4.69, 9.17) is 14.2 Å². The van der Waals surface area contributed by atoms with E-state index in [1.165, 1.54) is 167 Å². The summed E-state index contributed by atoms with van der Waals surface area (Å²) in [6, 6.07) is 0. The average Bonchev–Trinajstić information content (AvgIpc) is 3.43. The van der Waals surface area contributed by atoms with E-state index in [9.17, 15) is 14.4 Å². The minimum Gasteiger partial charge on any atom is -0.462 e. The molecule has 0 aromatic rings. The maximum Gasteiger partial charge on any atom is 0.306 e. The van der Waals surface area contributed by atoms with E-state index >= 15 is 0 Å². The summed E-state index contributed by atoms with van der Waals surface area (Å²) in [6.07, 6.45) is 86.9. The van der Waals surface area contributed by atoms with Crippen molar-refractivity contribution in [1.82, 2.24) is 0 Å². The van der Waals surface area contributed by atoms with Crippen molar-refractivity contribution < 1.29 is 28.6 Å². The van der Waals surface area contributed by atoms with Gasteiger partial charge in [0.05, 0.1) is 0 Å². The van der Waals surface area contributed by atoms with Crippen molar-refractivity contribution in [3.8, 4) is 0 Å². The molecule has 6 nitrogen and oxygen atoms in total. The fraction of sp³-hybridized carbons (Fsp3) is 0.732. The molecular weight excluding hydrogens is 949 g/mol. The summed E-state index contributed by atoms with van der Waals surface area (Å²) >= 11 is 0. The van der Waals surface area contributed by atoms with Crippen LogP contribution in [0.5, 0.6) is 0 Å². The van der Waals surface area contributed by atoms with Gasteiger partial charge in [-0.05, 0) is 122 Å². The van der Waals surface area contributed by atoms with Crippen LogP contribution in [0.2, 0.25) is 0 Å². The number of unbranched alkanes of at least 4 members (excludes halogenated alkanes) is 32. The number of carbonyl (C=O) groups excluding carboxylic acids is 3. The molecule has 0 bridgehead atoms. The quantitative estimate of drug-likeness (QED) is 0.0261. The molecule has 0 aromatic carbocycles. The van der Waals surface area contributed by atoms with E-state index < -0.39 is 6.10 Å². The van der Waals surface area contributed by atoms with Gasteiger partial charge in [0.1, 0.15) is 13.2 Å². The van der Waals surface area contributed by atoms with E-state index in [-0.39, 0.29) is 31.1 Å². The number of rotatable bonds is 59. The highest BCUT2D eigenvalue weighted by molar-refractivity contribution is 5.71. The predicted molar refractivity (Wildman–Crippen MR) is 334 cm³/mol. The third kappa shape index (κ3) is 63.0. The van der Waals surface area contributed by atoms with Crippen LogP contribution in [0.3, 0.4) is 0 Å². The summed E-state index contributed by atoms with van der Waals surface area (Å²) in [7, 11) is 0. The lowest BCUT2D eigenvalue weighted by molar-refractivity contribution is -0.167. The predicted octanol–water partition coefficient (Wildman–Crippen LogP) is 22.4. The number of hydrogen-bond donors (Lipinski definition) is 0. The van der Waals surface area contributed by atoms with Crippen molar-refractivity contribution in [2.45, 2.75) is 322 Å². The molecule has 1 unspecified atom stereocenters. The Labute approximate surface area is 477 Å².